The summed E-state index contributed by atoms with van der Waals surface area (Å²) < 4.78 is 14.1. The summed E-state index contributed by atoms with van der Waals surface area (Å²) >= 11 is 12.7. The molecular weight excluding hydrogens is 296 g/mol. The zero-order valence-electron chi connectivity index (χ0n) is 9.26. The lowest BCUT2D eigenvalue weighted by molar-refractivity contribution is 0.102. The van der Waals surface area contributed by atoms with Gasteiger partial charge in [-0.2, -0.15) is 0 Å². The first-order chi connectivity index (χ1) is 8.47. The number of benzene rings is 1. The maximum absolute atomic E-state index is 13.3. The fourth-order valence-electron chi connectivity index (χ4n) is 1.36. The van der Waals surface area contributed by atoms with Crippen molar-refractivity contribution in [2.24, 2.45) is 0 Å². The molecule has 0 aliphatic carbocycles. The molecule has 0 radical (unpaired) electrons. The zero-order chi connectivity index (χ0) is 13.3. The van der Waals surface area contributed by atoms with E-state index in [1.807, 2.05) is 0 Å². The topological polar surface area (TPSA) is 29.1 Å². The van der Waals surface area contributed by atoms with Gasteiger partial charge in [-0.05, 0) is 30.7 Å². The van der Waals surface area contributed by atoms with Crippen LogP contribution in [-0.2, 0) is 0 Å². The lowest BCUT2D eigenvalue weighted by Crippen LogP contribution is -2.11. The van der Waals surface area contributed by atoms with E-state index in [9.17, 15) is 9.18 Å². The number of anilines is 1. The molecule has 0 unspecified atom stereocenters. The Morgan fingerprint density at radius 1 is 1.33 bits per heavy atom. The molecule has 18 heavy (non-hydrogen) atoms. The van der Waals surface area contributed by atoms with E-state index in [1.165, 1.54) is 12.1 Å². The number of rotatable bonds is 2. The smallest absolute Gasteiger partial charge is 0.258 e. The van der Waals surface area contributed by atoms with Gasteiger partial charge < -0.3 is 5.32 Å². The van der Waals surface area contributed by atoms with Gasteiger partial charge >= 0.3 is 0 Å². The first-order valence-corrected chi connectivity index (χ1v) is 6.57. The van der Waals surface area contributed by atoms with Gasteiger partial charge in [0.1, 0.15) is 10.2 Å². The Labute approximate surface area is 117 Å². The fraction of sp³-hybridized carbons (Fsp3) is 0.0833. The second kappa shape index (κ2) is 5.26. The van der Waals surface area contributed by atoms with E-state index in [4.69, 9.17) is 23.2 Å². The molecule has 2 rings (SSSR count). The van der Waals surface area contributed by atoms with Crippen LogP contribution in [0.3, 0.4) is 0 Å². The summed E-state index contributed by atoms with van der Waals surface area (Å²) in [5.74, 6) is -0.784. The van der Waals surface area contributed by atoms with E-state index < -0.39 is 5.91 Å². The Kier molecular flexibility index (Phi) is 3.90. The predicted molar refractivity (Wildman–Crippen MR) is 73.4 cm³/mol. The molecule has 0 fully saturated rings. The number of carbonyl (C=O) groups is 1. The van der Waals surface area contributed by atoms with Crippen LogP contribution in [0.15, 0.2) is 24.3 Å². The van der Waals surface area contributed by atoms with Crippen LogP contribution in [0, 0.1) is 12.7 Å². The van der Waals surface area contributed by atoms with Gasteiger partial charge in [-0.3, -0.25) is 4.79 Å². The van der Waals surface area contributed by atoms with Crippen LogP contribution in [0.5, 0.6) is 0 Å². The van der Waals surface area contributed by atoms with Crippen LogP contribution in [0.1, 0.15) is 15.9 Å². The molecule has 0 bridgehead atoms. The molecule has 0 spiro atoms. The highest BCUT2D eigenvalue weighted by molar-refractivity contribution is 7.20. The van der Waals surface area contributed by atoms with Crippen molar-refractivity contribution < 1.29 is 9.18 Å². The Morgan fingerprint density at radius 2 is 2.06 bits per heavy atom. The zero-order valence-corrected chi connectivity index (χ0v) is 11.6. The van der Waals surface area contributed by atoms with Crippen molar-refractivity contribution in [3.8, 4) is 0 Å². The van der Waals surface area contributed by atoms with E-state index in [0.29, 0.717) is 19.9 Å². The van der Waals surface area contributed by atoms with Gasteiger partial charge in [-0.1, -0.05) is 29.3 Å². The lowest BCUT2D eigenvalue weighted by atomic mass is 10.2. The molecule has 1 amide bonds. The molecule has 0 aliphatic rings. The van der Waals surface area contributed by atoms with E-state index >= 15 is 0 Å². The van der Waals surface area contributed by atoms with Gasteiger partial charge in [0.25, 0.3) is 5.91 Å². The molecule has 1 aromatic heterocycles. The van der Waals surface area contributed by atoms with Gasteiger partial charge in [0, 0.05) is 5.69 Å². The summed E-state index contributed by atoms with van der Waals surface area (Å²) in [4.78, 5) is 11.9. The van der Waals surface area contributed by atoms with Crippen molar-refractivity contribution in [3.05, 3.63) is 49.9 Å². The highest BCUT2D eigenvalue weighted by Crippen LogP contribution is 2.31. The third kappa shape index (κ3) is 2.83. The first kappa shape index (κ1) is 13.3. The minimum atomic E-state index is -0.411. The van der Waals surface area contributed by atoms with E-state index in [2.05, 4.69) is 5.32 Å². The van der Waals surface area contributed by atoms with E-state index in [1.54, 1.807) is 19.1 Å². The van der Waals surface area contributed by atoms with E-state index in [-0.39, 0.29) is 11.4 Å². The number of nitrogens with one attached hydrogen (secondary N) is 1. The maximum atomic E-state index is 13.3. The van der Waals surface area contributed by atoms with Crippen LogP contribution in [-0.4, -0.2) is 5.91 Å². The number of aryl methyl sites for hydroxylation is 1. The number of hydrogen-bond donors (Lipinski definition) is 1. The number of hydrogen-bond acceptors (Lipinski definition) is 2. The third-order valence-electron chi connectivity index (χ3n) is 2.33. The van der Waals surface area contributed by atoms with Crippen molar-refractivity contribution in [2.75, 3.05) is 5.32 Å². The second-order valence-corrected chi connectivity index (χ2v) is 5.94. The first-order valence-electron chi connectivity index (χ1n) is 4.99. The number of amides is 1. The summed E-state index contributed by atoms with van der Waals surface area (Å²) in [6.45, 7) is 1.65. The lowest BCUT2D eigenvalue weighted by Gasteiger charge is -2.05. The molecule has 0 saturated carbocycles. The molecule has 1 N–H and O–H groups in total. The maximum Gasteiger partial charge on any atom is 0.258 e. The Balaban J connectivity index is 2.21. The molecule has 0 saturated heterocycles. The second-order valence-electron chi connectivity index (χ2n) is 3.66. The van der Waals surface area contributed by atoms with Crippen LogP contribution in [0.4, 0.5) is 10.1 Å². The van der Waals surface area contributed by atoms with Crippen LogP contribution >= 0.6 is 34.5 Å². The summed E-state index contributed by atoms with van der Waals surface area (Å²) in [6, 6.07) is 5.95. The number of thiophene rings is 1. The molecule has 2 nitrogen and oxygen atoms in total. The van der Waals surface area contributed by atoms with Gasteiger partial charge in [0.05, 0.1) is 9.90 Å². The van der Waals surface area contributed by atoms with Crippen LogP contribution in [0.2, 0.25) is 8.67 Å². The average molecular weight is 304 g/mol. The van der Waals surface area contributed by atoms with Crippen LogP contribution in [0.25, 0.3) is 0 Å². The molecule has 1 aromatic carbocycles. The predicted octanol–water partition coefficient (Wildman–Crippen LogP) is 4.75. The van der Waals surface area contributed by atoms with Crippen molar-refractivity contribution in [1.29, 1.82) is 0 Å². The van der Waals surface area contributed by atoms with Gasteiger partial charge in [0.2, 0.25) is 0 Å². The Bertz CT molecular complexity index is 612. The summed E-state index contributed by atoms with van der Waals surface area (Å²) in [5, 5.41) is 2.57. The minimum absolute atomic E-state index is 0.285. The SMILES string of the molecule is Cc1ccc(NC(=O)c2cc(Cl)sc2Cl)cc1F. The van der Waals surface area contributed by atoms with Gasteiger partial charge in [0.15, 0.2) is 0 Å². The fourth-order valence-corrected chi connectivity index (χ4v) is 2.82. The van der Waals surface area contributed by atoms with Gasteiger partial charge in [-0.15, -0.1) is 11.3 Å². The molecule has 0 atom stereocenters. The Hall–Kier alpha value is -1.10. The van der Waals surface area contributed by atoms with Gasteiger partial charge in [-0.25, -0.2) is 4.39 Å². The van der Waals surface area contributed by atoms with Crippen molar-refractivity contribution >= 4 is 46.1 Å². The molecule has 0 aliphatic heterocycles. The van der Waals surface area contributed by atoms with Crippen molar-refractivity contribution in [2.45, 2.75) is 6.92 Å². The normalized spacial score (nSPS) is 10.4. The highest BCUT2D eigenvalue weighted by Gasteiger charge is 2.14. The molecular formula is C12H8Cl2FNOS. The average Bonchev–Trinajstić information content (AvgIpc) is 2.63. The number of halogens is 3. The highest BCUT2D eigenvalue weighted by atomic mass is 35.5. The number of carbonyl (C=O) groups excluding carboxylic acids is 1. The summed E-state index contributed by atoms with van der Waals surface area (Å²) in [7, 11) is 0. The van der Waals surface area contributed by atoms with E-state index in [0.717, 1.165) is 11.3 Å². The van der Waals surface area contributed by atoms with Crippen molar-refractivity contribution in [3.63, 3.8) is 0 Å². The quantitative estimate of drug-likeness (QED) is 0.852. The monoisotopic (exact) mass is 303 g/mol. The van der Waals surface area contributed by atoms with Crippen LogP contribution < -0.4 is 5.32 Å². The molecule has 94 valence electrons. The third-order valence-corrected chi connectivity index (χ3v) is 3.82. The Morgan fingerprint density at radius 3 is 2.61 bits per heavy atom. The molecule has 6 heteroatoms. The summed E-state index contributed by atoms with van der Waals surface area (Å²) in [6.07, 6.45) is 0. The molecule has 2 aromatic rings. The largest absolute Gasteiger partial charge is 0.322 e. The standard InChI is InChI=1S/C12H8Cl2FNOS/c1-6-2-3-7(4-9(6)15)16-12(17)8-5-10(13)18-11(8)14/h2-5H,1H3,(H,16,17). The minimum Gasteiger partial charge on any atom is -0.322 e. The summed E-state index contributed by atoms with van der Waals surface area (Å²) in [5.41, 5.74) is 1.18. The molecule has 1 heterocycles. The van der Waals surface area contributed by atoms with Crippen molar-refractivity contribution in [1.82, 2.24) is 0 Å².